The smallest absolute Gasteiger partial charge is 0.245 e. The molecule has 2 fully saturated rings. The Bertz CT molecular complexity index is 447. The fraction of sp³-hybridized carbons (Fsp3) is 0.692. The van der Waals surface area contributed by atoms with Crippen molar-refractivity contribution in [1.82, 2.24) is 10.3 Å². The van der Waals surface area contributed by atoms with Crippen molar-refractivity contribution in [2.75, 3.05) is 11.4 Å². The second-order valence-corrected chi connectivity index (χ2v) is 6.45. The number of amides is 1. The van der Waals surface area contributed by atoms with Crippen molar-refractivity contribution in [3.63, 3.8) is 0 Å². The summed E-state index contributed by atoms with van der Waals surface area (Å²) in [5, 5.41) is 4.32. The first-order valence-corrected chi connectivity index (χ1v) is 7.48. The van der Waals surface area contributed by atoms with Crippen molar-refractivity contribution in [3.05, 3.63) is 10.6 Å². The molecular weight excluding hydrogens is 246 g/mol. The number of carbonyl (C=O) groups excluding carboxylic acids is 1. The highest BCUT2D eigenvalue weighted by Crippen LogP contribution is 2.29. The van der Waals surface area contributed by atoms with E-state index in [9.17, 15) is 4.79 Å². The summed E-state index contributed by atoms with van der Waals surface area (Å²) in [5.74, 6) is 0.210. The maximum atomic E-state index is 12.4. The normalized spacial score (nSPS) is 24.7. The third kappa shape index (κ3) is 2.29. The van der Waals surface area contributed by atoms with Crippen LogP contribution in [-0.2, 0) is 4.79 Å². The summed E-state index contributed by atoms with van der Waals surface area (Å²) >= 11 is 1.63. The Kier molecular flexibility index (Phi) is 3.11. The lowest BCUT2D eigenvalue weighted by molar-refractivity contribution is -0.121. The zero-order chi connectivity index (χ0) is 12.7. The van der Waals surface area contributed by atoms with Crippen LogP contribution in [-0.4, -0.2) is 29.5 Å². The van der Waals surface area contributed by atoms with Crippen molar-refractivity contribution in [1.29, 1.82) is 0 Å². The molecule has 2 heterocycles. The van der Waals surface area contributed by atoms with E-state index in [1.165, 1.54) is 17.7 Å². The van der Waals surface area contributed by atoms with Gasteiger partial charge < -0.3 is 5.32 Å². The SMILES string of the molecule is Cc1nc(N2CCCC(NC3CC3)C2=O)sc1C. The van der Waals surface area contributed by atoms with Gasteiger partial charge in [0, 0.05) is 17.5 Å². The summed E-state index contributed by atoms with van der Waals surface area (Å²) in [6, 6.07) is 0.592. The molecule has 0 aromatic carbocycles. The fourth-order valence-electron chi connectivity index (χ4n) is 2.33. The van der Waals surface area contributed by atoms with Crippen molar-refractivity contribution < 1.29 is 4.79 Å². The Morgan fingerprint density at radius 3 is 2.72 bits per heavy atom. The predicted octanol–water partition coefficient (Wildman–Crippen LogP) is 2.01. The minimum atomic E-state index is 0.00997. The Hall–Kier alpha value is -0.940. The van der Waals surface area contributed by atoms with E-state index in [1.807, 2.05) is 11.8 Å². The monoisotopic (exact) mass is 265 g/mol. The minimum Gasteiger partial charge on any atom is -0.303 e. The highest BCUT2D eigenvalue weighted by Gasteiger charge is 2.34. The molecule has 2 aliphatic rings. The number of aromatic nitrogens is 1. The van der Waals surface area contributed by atoms with E-state index in [0.29, 0.717) is 6.04 Å². The molecule has 1 unspecified atom stereocenters. The Morgan fingerprint density at radius 2 is 2.11 bits per heavy atom. The van der Waals surface area contributed by atoms with E-state index in [4.69, 9.17) is 0 Å². The van der Waals surface area contributed by atoms with Gasteiger partial charge >= 0.3 is 0 Å². The molecule has 98 valence electrons. The van der Waals surface area contributed by atoms with Gasteiger partial charge in [-0.2, -0.15) is 0 Å². The van der Waals surface area contributed by atoms with Gasteiger partial charge in [-0.25, -0.2) is 4.98 Å². The van der Waals surface area contributed by atoms with Gasteiger partial charge in [-0.05, 0) is 39.5 Å². The number of piperidine rings is 1. The van der Waals surface area contributed by atoms with Crippen molar-refractivity contribution in [2.45, 2.75) is 51.6 Å². The quantitative estimate of drug-likeness (QED) is 0.909. The first-order chi connectivity index (χ1) is 8.65. The average molecular weight is 265 g/mol. The number of carbonyl (C=O) groups is 1. The molecule has 18 heavy (non-hydrogen) atoms. The van der Waals surface area contributed by atoms with Crippen molar-refractivity contribution in [2.24, 2.45) is 0 Å². The van der Waals surface area contributed by atoms with Crippen LogP contribution in [0.3, 0.4) is 0 Å². The van der Waals surface area contributed by atoms with Crippen LogP contribution in [0.5, 0.6) is 0 Å². The van der Waals surface area contributed by atoms with Gasteiger partial charge in [0.15, 0.2) is 5.13 Å². The van der Waals surface area contributed by atoms with Crippen LogP contribution in [0.2, 0.25) is 0 Å². The molecule has 1 atom stereocenters. The van der Waals surface area contributed by atoms with E-state index in [-0.39, 0.29) is 11.9 Å². The summed E-state index contributed by atoms with van der Waals surface area (Å²) < 4.78 is 0. The molecule has 0 radical (unpaired) electrons. The lowest BCUT2D eigenvalue weighted by atomic mass is 10.1. The topological polar surface area (TPSA) is 45.2 Å². The number of anilines is 1. The summed E-state index contributed by atoms with van der Waals surface area (Å²) in [4.78, 5) is 20.0. The highest BCUT2D eigenvalue weighted by atomic mass is 32.1. The second kappa shape index (κ2) is 4.63. The van der Waals surface area contributed by atoms with Crippen LogP contribution in [0.15, 0.2) is 0 Å². The van der Waals surface area contributed by atoms with Gasteiger partial charge in [0.1, 0.15) is 0 Å². The zero-order valence-corrected chi connectivity index (χ0v) is 11.7. The molecular formula is C13H19N3OS. The third-order valence-corrected chi connectivity index (χ3v) is 4.80. The average Bonchev–Trinajstić information content (AvgIpc) is 3.09. The van der Waals surface area contributed by atoms with Gasteiger partial charge in [-0.1, -0.05) is 0 Å². The van der Waals surface area contributed by atoms with Gasteiger partial charge in [0.05, 0.1) is 11.7 Å². The van der Waals surface area contributed by atoms with Crippen LogP contribution in [0.4, 0.5) is 5.13 Å². The molecule has 1 aliphatic carbocycles. The lowest BCUT2D eigenvalue weighted by Crippen LogP contribution is -2.51. The van der Waals surface area contributed by atoms with Crippen LogP contribution in [0, 0.1) is 13.8 Å². The minimum absolute atomic E-state index is 0.00997. The van der Waals surface area contributed by atoms with Crippen LogP contribution in [0.1, 0.15) is 36.3 Å². The summed E-state index contributed by atoms with van der Waals surface area (Å²) in [7, 11) is 0. The van der Waals surface area contributed by atoms with E-state index < -0.39 is 0 Å². The first kappa shape index (κ1) is 12.1. The lowest BCUT2D eigenvalue weighted by Gasteiger charge is -2.31. The molecule has 0 spiro atoms. The first-order valence-electron chi connectivity index (χ1n) is 6.66. The van der Waals surface area contributed by atoms with Crippen molar-refractivity contribution in [3.8, 4) is 0 Å². The number of thiazole rings is 1. The third-order valence-electron chi connectivity index (χ3n) is 3.70. The maximum absolute atomic E-state index is 12.4. The van der Waals surface area contributed by atoms with Crippen molar-refractivity contribution >= 4 is 22.4 Å². The fourth-order valence-corrected chi connectivity index (χ4v) is 3.27. The molecule has 1 N–H and O–H groups in total. The largest absolute Gasteiger partial charge is 0.303 e. The van der Waals surface area contributed by atoms with Crippen LogP contribution < -0.4 is 10.2 Å². The van der Waals surface area contributed by atoms with Crippen LogP contribution in [0.25, 0.3) is 0 Å². The molecule has 4 nitrogen and oxygen atoms in total. The van der Waals surface area contributed by atoms with Gasteiger partial charge in [-0.15, -0.1) is 11.3 Å². The molecule has 1 aromatic heterocycles. The maximum Gasteiger partial charge on any atom is 0.245 e. The molecule has 1 aliphatic heterocycles. The van der Waals surface area contributed by atoms with E-state index in [0.717, 1.165) is 30.2 Å². The molecule has 0 bridgehead atoms. The van der Waals surface area contributed by atoms with Gasteiger partial charge in [0.2, 0.25) is 5.91 Å². The predicted molar refractivity (Wildman–Crippen MR) is 73.1 cm³/mol. The number of hydrogen-bond donors (Lipinski definition) is 1. The Balaban J connectivity index is 1.76. The number of aryl methyl sites for hydroxylation is 2. The highest BCUT2D eigenvalue weighted by molar-refractivity contribution is 7.15. The van der Waals surface area contributed by atoms with E-state index in [2.05, 4.69) is 17.2 Å². The van der Waals surface area contributed by atoms with E-state index in [1.54, 1.807) is 11.3 Å². The molecule has 1 saturated carbocycles. The molecule has 1 saturated heterocycles. The summed E-state index contributed by atoms with van der Waals surface area (Å²) in [6.45, 7) is 4.88. The number of nitrogens with zero attached hydrogens (tertiary/aromatic N) is 2. The molecule has 1 aromatic rings. The molecule has 5 heteroatoms. The Morgan fingerprint density at radius 1 is 1.33 bits per heavy atom. The van der Waals surface area contributed by atoms with E-state index >= 15 is 0 Å². The summed E-state index contributed by atoms with van der Waals surface area (Å²) in [5.41, 5.74) is 1.04. The van der Waals surface area contributed by atoms with Crippen LogP contribution >= 0.6 is 11.3 Å². The number of hydrogen-bond acceptors (Lipinski definition) is 4. The number of rotatable bonds is 3. The zero-order valence-electron chi connectivity index (χ0n) is 10.9. The molecule has 3 rings (SSSR count). The second-order valence-electron chi connectivity index (χ2n) is 5.26. The number of nitrogens with one attached hydrogen (secondary N) is 1. The summed E-state index contributed by atoms with van der Waals surface area (Å²) in [6.07, 6.45) is 4.47. The molecule has 1 amide bonds. The Labute approximate surface area is 111 Å². The van der Waals surface area contributed by atoms with Gasteiger partial charge in [-0.3, -0.25) is 9.69 Å². The standard InChI is InChI=1S/C13H19N3OS/c1-8-9(2)18-13(14-8)16-7-3-4-11(12(16)17)15-10-5-6-10/h10-11,15H,3-7H2,1-2H3. The van der Waals surface area contributed by atoms with Gasteiger partial charge in [0.25, 0.3) is 0 Å².